The van der Waals surface area contributed by atoms with Crippen molar-refractivity contribution in [3.63, 3.8) is 0 Å². The number of aromatic amines is 1. The molecule has 2 heterocycles. The van der Waals surface area contributed by atoms with Crippen LogP contribution in [0.1, 0.15) is 43.2 Å². The van der Waals surface area contributed by atoms with E-state index in [1.807, 2.05) is 6.08 Å². The highest BCUT2D eigenvalue weighted by Gasteiger charge is 2.33. The largest absolute Gasteiger partial charge is 0.466 e. The van der Waals surface area contributed by atoms with Gasteiger partial charge in [0.25, 0.3) is 0 Å². The number of esters is 1. The number of allylic oxidation sites excluding steroid dienone is 2. The van der Waals surface area contributed by atoms with Crippen LogP contribution in [0.15, 0.2) is 30.4 Å². The van der Waals surface area contributed by atoms with Crippen molar-refractivity contribution in [1.29, 1.82) is 0 Å². The number of hydrogen-bond donors (Lipinski definition) is 1. The smallest absolute Gasteiger partial charge is 0.339 e. The fourth-order valence-electron chi connectivity index (χ4n) is 1.95. The minimum Gasteiger partial charge on any atom is -0.466 e. The molecule has 2 rings (SSSR count). The lowest BCUT2D eigenvalue weighted by atomic mass is 9.89. The molecule has 1 aliphatic heterocycles. The molecule has 0 spiro atoms. The van der Waals surface area contributed by atoms with Crippen LogP contribution in [-0.2, 0) is 9.47 Å². The van der Waals surface area contributed by atoms with Crippen molar-refractivity contribution in [2.24, 2.45) is 5.41 Å². The number of hydrogen-bond acceptors (Lipinski definition) is 3. The molecule has 1 aromatic heterocycles. The zero-order valence-corrected chi connectivity index (χ0v) is 11.6. The predicted molar refractivity (Wildman–Crippen MR) is 73.3 cm³/mol. The van der Waals surface area contributed by atoms with Crippen LogP contribution in [0.2, 0.25) is 0 Å². The summed E-state index contributed by atoms with van der Waals surface area (Å²) in [5, 5.41) is 0. The Morgan fingerprint density at radius 3 is 2.95 bits per heavy atom. The van der Waals surface area contributed by atoms with Crippen LogP contribution in [0.4, 0.5) is 0 Å². The molecule has 0 unspecified atom stereocenters. The SMILES string of the molecule is C=C1OC(=Cc2cc(C(=O)OCC)c[nH]2)CC1(C)C. The molecule has 102 valence electrons. The highest BCUT2D eigenvalue weighted by Crippen LogP contribution is 2.42. The van der Waals surface area contributed by atoms with Crippen LogP contribution < -0.4 is 0 Å². The fraction of sp³-hybridized carbons (Fsp3) is 0.400. The maximum absolute atomic E-state index is 11.5. The molecule has 1 fully saturated rings. The molecule has 0 aromatic carbocycles. The molecule has 4 nitrogen and oxygen atoms in total. The van der Waals surface area contributed by atoms with Crippen molar-refractivity contribution in [1.82, 2.24) is 4.98 Å². The number of aromatic nitrogens is 1. The van der Waals surface area contributed by atoms with Gasteiger partial charge in [0, 0.05) is 23.7 Å². The van der Waals surface area contributed by atoms with Crippen LogP contribution in [0.5, 0.6) is 0 Å². The van der Waals surface area contributed by atoms with E-state index in [9.17, 15) is 4.79 Å². The minimum absolute atomic E-state index is 0.0393. The fourth-order valence-corrected chi connectivity index (χ4v) is 1.95. The summed E-state index contributed by atoms with van der Waals surface area (Å²) in [4.78, 5) is 14.6. The number of ether oxygens (including phenoxy) is 2. The molecule has 4 heteroatoms. The Bertz CT molecular complexity index is 537. The summed E-state index contributed by atoms with van der Waals surface area (Å²) in [6.07, 6.45) is 4.33. The molecule has 0 bridgehead atoms. The summed E-state index contributed by atoms with van der Waals surface area (Å²) in [5.41, 5.74) is 1.30. The number of nitrogens with one attached hydrogen (secondary N) is 1. The van der Waals surface area contributed by atoms with E-state index in [0.29, 0.717) is 12.2 Å². The molecule has 0 atom stereocenters. The molecule has 1 aromatic rings. The van der Waals surface area contributed by atoms with Crippen LogP contribution in [0, 0.1) is 5.41 Å². The summed E-state index contributed by atoms with van der Waals surface area (Å²) < 4.78 is 10.6. The number of carbonyl (C=O) groups excluding carboxylic acids is 1. The van der Waals surface area contributed by atoms with Gasteiger partial charge in [-0.1, -0.05) is 20.4 Å². The first kappa shape index (κ1) is 13.5. The third-order valence-corrected chi connectivity index (χ3v) is 3.16. The summed E-state index contributed by atoms with van der Waals surface area (Å²) in [7, 11) is 0. The quantitative estimate of drug-likeness (QED) is 0.847. The standard InChI is InChI=1S/C15H19NO3/c1-5-18-14(17)11-6-12(16-9-11)7-13-8-15(3,4)10(2)19-13/h6-7,9,16H,2,5,8H2,1,3-4H3. The molecule has 0 saturated carbocycles. The van der Waals surface area contributed by atoms with E-state index in [2.05, 4.69) is 25.4 Å². The van der Waals surface area contributed by atoms with Gasteiger partial charge in [0.05, 0.1) is 12.2 Å². The van der Waals surface area contributed by atoms with Crippen molar-refractivity contribution >= 4 is 12.0 Å². The van der Waals surface area contributed by atoms with Gasteiger partial charge in [-0.25, -0.2) is 4.79 Å². The maximum Gasteiger partial charge on any atom is 0.339 e. The lowest BCUT2D eigenvalue weighted by Gasteiger charge is -2.12. The average Bonchev–Trinajstić information content (AvgIpc) is 2.85. The minimum atomic E-state index is -0.319. The van der Waals surface area contributed by atoms with Gasteiger partial charge < -0.3 is 14.5 Å². The third kappa shape index (κ3) is 2.89. The normalized spacial score (nSPS) is 19.5. The van der Waals surface area contributed by atoms with Crippen LogP contribution in [0.3, 0.4) is 0 Å². The molecular weight excluding hydrogens is 242 g/mol. The lowest BCUT2D eigenvalue weighted by molar-refractivity contribution is 0.0526. The van der Waals surface area contributed by atoms with Gasteiger partial charge in [0.1, 0.15) is 11.5 Å². The summed E-state index contributed by atoms with van der Waals surface area (Å²) in [5.74, 6) is 1.31. The van der Waals surface area contributed by atoms with E-state index < -0.39 is 0 Å². The average molecular weight is 261 g/mol. The zero-order chi connectivity index (χ0) is 14.0. The predicted octanol–water partition coefficient (Wildman–Crippen LogP) is 3.49. The van der Waals surface area contributed by atoms with E-state index in [1.165, 1.54) is 0 Å². The summed E-state index contributed by atoms with van der Waals surface area (Å²) in [6.45, 7) is 10.3. The van der Waals surface area contributed by atoms with Gasteiger partial charge in [-0.2, -0.15) is 0 Å². The molecule has 0 amide bonds. The molecular formula is C15H19NO3. The van der Waals surface area contributed by atoms with Gasteiger partial charge in [-0.05, 0) is 19.1 Å². The van der Waals surface area contributed by atoms with Crippen LogP contribution >= 0.6 is 0 Å². The number of rotatable bonds is 3. The summed E-state index contributed by atoms with van der Waals surface area (Å²) >= 11 is 0. The van der Waals surface area contributed by atoms with Crippen molar-refractivity contribution in [3.05, 3.63) is 41.6 Å². The first-order chi connectivity index (χ1) is 8.92. The van der Waals surface area contributed by atoms with E-state index in [-0.39, 0.29) is 11.4 Å². The molecule has 0 aliphatic carbocycles. The third-order valence-electron chi connectivity index (χ3n) is 3.16. The monoisotopic (exact) mass is 261 g/mol. The maximum atomic E-state index is 11.5. The Morgan fingerprint density at radius 2 is 2.37 bits per heavy atom. The van der Waals surface area contributed by atoms with Crippen LogP contribution in [-0.4, -0.2) is 17.6 Å². The van der Waals surface area contributed by atoms with Crippen molar-refractivity contribution in [3.8, 4) is 0 Å². The van der Waals surface area contributed by atoms with Crippen molar-refractivity contribution in [2.75, 3.05) is 6.61 Å². The Kier molecular flexibility index (Phi) is 3.51. The molecule has 0 radical (unpaired) electrons. The van der Waals surface area contributed by atoms with E-state index in [4.69, 9.17) is 9.47 Å². The molecule has 1 N–H and O–H groups in total. The Labute approximate surface area is 113 Å². The Morgan fingerprint density at radius 1 is 1.63 bits per heavy atom. The second kappa shape index (κ2) is 4.96. The van der Waals surface area contributed by atoms with Gasteiger partial charge in [0.2, 0.25) is 0 Å². The molecule has 1 saturated heterocycles. The highest BCUT2D eigenvalue weighted by atomic mass is 16.5. The lowest BCUT2D eigenvalue weighted by Crippen LogP contribution is -2.05. The van der Waals surface area contributed by atoms with Gasteiger partial charge in [-0.3, -0.25) is 0 Å². The molecule has 19 heavy (non-hydrogen) atoms. The zero-order valence-electron chi connectivity index (χ0n) is 11.6. The first-order valence-corrected chi connectivity index (χ1v) is 6.35. The molecule has 1 aliphatic rings. The van der Waals surface area contributed by atoms with E-state index >= 15 is 0 Å². The topological polar surface area (TPSA) is 51.3 Å². The van der Waals surface area contributed by atoms with Crippen molar-refractivity contribution in [2.45, 2.75) is 27.2 Å². The van der Waals surface area contributed by atoms with Crippen molar-refractivity contribution < 1.29 is 14.3 Å². The number of carbonyl (C=O) groups is 1. The summed E-state index contributed by atoms with van der Waals surface area (Å²) in [6, 6.07) is 1.75. The highest BCUT2D eigenvalue weighted by molar-refractivity contribution is 5.89. The van der Waals surface area contributed by atoms with E-state index in [1.54, 1.807) is 19.2 Å². The second-order valence-corrected chi connectivity index (χ2v) is 5.26. The van der Waals surface area contributed by atoms with Gasteiger partial charge in [-0.15, -0.1) is 0 Å². The number of H-pyrrole nitrogens is 1. The first-order valence-electron chi connectivity index (χ1n) is 6.35. The van der Waals surface area contributed by atoms with Crippen LogP contribution in [0.25, 0.3) is 6.08 Å². The second-order valence-electron chi connectivity index (χ2n) is 5.26. The van der Waals surface area contributed by atoms with Gasteiger partial charge >= 0.3 is 5.97 Å². The Balaban J connectivity index is 2.13. The van der Waals surface area contributed by atoms with Gasteiger partial charge in [0.15, 0.2) is 0 Å². The van der Waals surface area contributed by atoms with E-state index in [0.717, 1.165) is 23.6 Å². The Hall–Kier alpha value is -1.97.